The molecule has 1 rings (SSSR count). The molecule has 0 aromatic rings. The van der Waals surface area contributed by atoms with Crippen LogP contribution in [0.5, 0.6) is 0 Å². The average Bonchev–Trinajstić information content (AvgIpc) is 2.15. The molecular weight excluding hydrogens is 164 g/mol. The van der Waals surface area contributed by atoms with E-state index in [9.17, 15) is 4.79 Å². The maximum atomic E-state index is 10.4. The summed E-state index contributed by atoms with van der Waals surface area (Å²) in [5, 5.41) is 7.56. The van der Waals surface area contributed by atoms with Crippen LogP contribution in [0.4, 0.5) is 0 Å². The molecule has 0 unspecified atom stereocenters. The molecule has 0 spiro atoms. The van der Waals surface area contributed by atoms with E-state index in [4.69, 9.17) is 11.1 Å². The van der Waals surface area contributed by atoms with E-state index in [0.29, 0.717) is 5.71 Å². The molecule has 0 heterocycles. The van der Waals surface area contributed by atoms with Gasteiger partial charge in [-0.25, -0.2) is 0 Å². The van der Waals surface area contributed by atoms with Crippen LogP contribution < -0.4 is 5.73 Å². The van der Waals surface area contributed by atoms with Crippen molar-refractivity contribution >= 4 is 11.6 Å². The van der Waals surface area contributed by atoms with Gasteiger partial charge in [0.25, 0.3) is 0 Å². The van der Waals surface area contributed by atoms with E-state index in [-0.39, 0.29) is 0 Å². The Kier molecular flexibility index (Phi) is 3.20. The van der Waals surface area contributed by atoms with Crippen LogP contribution in [0.15, 0.2) is 36.0 Å². The summed E-state index contributed by atoms with van der Waals surface area (Å²) in [6, 6.07) is 0. The lowest BCUT2D eigenvalue weighted by Gasteiger charge is -2.03. The Balaban J connectivity index is 2.62. The topological polar surface area (TPSA) is 66.9 Å². The van der Waals surface area contributed by atoms with E-state index in [1.807, 2.05) is 18.2 Å². The molecule has 0 aromatic heterocycles. The van der Waals surface area contributed by atoms with Gasteiger partial charge in [0.15, 0.2) is 0 Å². The first kappa shape index (κ1) is 9.45. The molecule has 0 atom stereocenters. The number of hydrogen-bond acceptors (Lipinski definition) is 2. The molecule has 1 amide bonds. The van der Waals surface area contributed by atoms with Crippen LogP contribution in [0.2, 0.25) is 0 Å². The van der Waals surface area contributed by atoms with Crippen molar-refractivity contribution in [2.75, 3.05) is 0 Å². The summed E-state index contributed by atoms with van der Waals surface area (Å²) in [6.07, 6.45) is 10.5. The monoisotopic (exact) mass is 176 g/mol. The Morgan fingerprint density at radius 3 is 2.77 bits per heavy atom. The van der Waals surface area contributed by atoms with Crippen LogP contribution in [-0.4, -0.2) is 11.6 Å². The van der Waals surface area contributed by atoms with E-state index in [2.05, 4.69) is 0 Å². The van der Waals surface area contributed by atoms with Crippen molar-refractivity contribution in [2.24, 2.45) is 5.73 Å². The van der Waals surface area contributed by atoms with Crippen LogP contribution in [0.1, 0.15) is 12.8 Å². The predicted molar refractivity (Wildman–Crippen MR) is 52.5 cm³/mol. The maximum absolute atomic E-state index is 10.4. The average molecular weight is 176 g/mol. The Hall–Kier alpha value is -1.64. The molecule has 3 nitrogen and oxygen atoms in total. The normalized spacial score (nSPS) is 15.8. The summed E-state index contributed by atoms with van der Waals surface area (Å²) >= 11 is 0. The second kappa shape index (κ2) is 4.40. The molecule has 0 fully saturated rings. The van der Waals surface area contributed by atoms with Gasteiger partial charge in [-0.1, -0.05) is 18.2 Å². The van der Waals surface area contributed by atoms with E-state index in [1.54, 1.807) is 0 Å². The zero-order valence-electron chi connectivity index (χ0n) is 7.29. The summed E-state index contributed by atoms with van der Waals surface area (Å²) in [5.74, 6) is -0.523. The fraction of sp³-hybridized carbons (Fsp3) is 0.200. The van der Waals surface area contributed by atoms with E-state index >= 15 is 0 Å². The number of nitrogens with two attached hydrogens (primary N) is 1. The molecule has 0 aromatic carbocycles. The molecule has 13 heavy (non-hydrogen) atoms. The summed E-state index contributed by atoms with van der Waals surface area (Å²) in [5.41, 5.74) is 6.09. The number of rotatable bonds is 3. The highest BCUT2D eigenvalue weighted by Gasteiger charge is 2.00. The van der Waals surface area contributed by atoms with Gasteiger partial charge in [0.2, 0.25) is 5.91 Å². The van der Waals surface area contributed by atoms with Crippen molar-refractivity contribution in [2.45, 2.75) is 12.8 Å². The lowest BCUT2D eigenvalue weighted by atomic mass is 10.0. The van der Waals surface area contributed by atoms with Gasteiger partial charge in [-0.3, -0.25) is 4.79 Å². The number of primary amides is 1. The number of carbonyl (C=O) groups is 1. The molecular formula is C10H12N2O. The lowest BCUT2D eigenvalue weighted by Crippen LogP contribution is -2.07. The smallest absolute Gasteiger partial charge is 0.241 e. The third kappa shape index (κ3) is 3.07. The predicted octanol–water partition coefficient (Wildman–Crippen LogP) is 1.32. The second-order valence-corrected chi connectivity index (χ2v) is 2.79. The maximum Gasteiger partial charge on any atom is 0.241 e. The van der Waals surface area contributed by atoms with E-state index in [1.165, 1.54) is 12.2 Å². The van der Waals surface area contributed by atoms with Gasteiger partial charge in [0, 0.05) is 6.08 Å². The molecule has 3 N–H and O–H groups in total. The first-order valence-electron chi connectivity index (χ1n) is 4.13. The largest absolute Gasteiger partial charge is 0.366 e. The summed E-state index contributed by atoms with van der Waals surface area (Å²) in [4.78, 5) is 10.4. The van der Waals surface area contributed by atoms with Gasteiger partial charge < -0.3 is 11.1 Å². The standard InChI is InChI=1S/C10H12N2O/c11-9(6-7-10(12)13)8-4-2-1-3-5-8/h2,4-7,11H,1,3H2,(H2,12,13)/b7-6-,11-9?. The second-order valence-electron chi connectivity index (χ2n) is 2.79. The van der Waals surface area contributed by atoms with Crippen LogP contribution in [-0.2, 0) is 4.79 Å². The van der Waals surface area contributed by atoms with Crippen molar-refractivity contribution in [3.8, 4) is 0 Å². The number of carbonyl (C=O) groups excluding carboxylic acids is 1. The third-order valence-electron chi connectivity index (χ3n) is 1.72. The minimum absolute atomic E-state index is 0.328. The SMILES string of the molecule is N=C(/C=C\C(N)=O)C1=CCCC=C1. The van der Waals surface area contributed by atoms with Crippen molar-refractivity contribution in [3.05, 3.63) is 36.0 Å². The first-order valence-corrected chi connectivity index (χ1v) is 4.13. The molecule has 1 aliphatic carbocycles. The van der Waals surface area contributed by atoms with Gasteiger partial charge in [0.1, 0.15) is 0 Å². The van der Waals surface area contributed by atoms with E-state index < -0.39 is 5.91 Å². The van der Waals surface area contributed by atoms with Crippen molar-refractivity contribution in [1.29, 1.82) is 5.41 Å². The van der Waals surface area contributed by atoms with Crippen molar-refractivity contribution < 1.29 is 4.79 Å². The summed E-state index contributed by atoms with van der Waals surface area (Å²) < 4.78 is 0. The quantitative estimate of drug-likeness (QED) is 0.494. The summed E-state index contributed by atoms with van der Waals surface area (Å²) in [6.45, 7) is 0. The highest BCUT2D eigenvalue weighted by molar-refractivity contribution is 6.10. The lowest BCUT2D eigenvalue weighted by molar-refractivity contribution is -0.113. The molecule has 68 valence electrons. The number of nitrogens with one attached hydrogen (secondary N) is 1. The molecule has 0 saturated heterocycles. The number of allylic oxidation sites excluding steroid dienone is 5. The highest BCUT2D eigenvalue weighted by atomic mass is 16.1. The third-order valence-corrected chi connectivity index (χ3v) is 1.72. The molecule has 0 saturated carbocycles. The van der Waals surface area contributed by atoms with Gasteiger partial charge in [-0.2, -0.15) is 0 Å². The van der Waals surface area contributed by atoms with Crippen LogP contribution in [0, 0.1) is 5.41 Å². The molecule has 3 heteroatoms. The van der Waals surface area contributed by atoms with Gasteiger partial charge >= 0.3 is 0 Å². The zero-order valence-corrected chi connectivity index (χ0v) is 7.29. The number of hydrogen-bond donors (Lipinski definition) is 2. The van der Waals surface area contributed by atoms with Gasteiger partial charge in [-0.15, -0.1) is 0 Å². The fourth-order valence-corrected chi connectivity index (χ4v) is 1.07. The Morgan fingerprint density at radius 1 is 1.46 bits per heavy atom. The first-order chi connectivity index (χ1) is 6.20. The molecule has 0 radical (unpaired) electrons. The van der Waals surface area contributed by atoms with Gasteiger partial charge in [-0.05, 0) is 24.5 Å². The number of amides is 1. The zero-order chi connectivity index (χ0) is 9.68. The van der Waals surface area contributed by atoms with Crippen LogP contribution >= 0.6 is 0 Å². The van der Waals surface area contributed by atoms with Crippen molar-refractivity contribution in [1.82, 2.24) is 0 Å². The van der Waals surface area contributed by atoms with Crippen LogP contribution in [0.25, 0.3) is 0 Å². The van der Waals surface area contributed by atoms with E-state index in [0.717, 1.165) is 18.4 Å². The Bertz CT molecular complexity index is 311. The Morgan fingerprint density at radius 2 is 2.23 bits per heavy atom. The van der Waals surface area contributed by atoms with Crippen molar-refractivity contribution in [3.63, 3.8) is 0 Å². The van der Waals surface area contributed by atoms with Crippen LogP contribution in [0.3, 0.4) is 0 Å². The fourth-order valence-electron chi connectivity index (χ4n) is 1.07. The Labute approximate surface area is 77.1 Å². The molecule has 0 bridgehead atoms. The summed E-state index contributed by atoms with van der Waals surface area (Å²) in [7, 11) is 0. The minimum atomic E-state index is -0.523. The molecule has 1 aliphatic rings. The van der Waals surface area contributed by atoms with Gasteiger partial charge in [0.05, 0.1) is 5.71 Å². The minimum Gasteiger partial charge on any atom is -0.366 e. The molecule has 0 aliphatic heterocycles. The highest BCUT2D eigenvalue weighted by Crippen LogP contribution is 2.10.